The summed E-state index contributed by atoms with van der Waals surface area (Å²) in [7, 11) is 0. The van der Waals surface area contributed by atoms with Crippen molar-refractivity contribution in [2.75, 3.05) is 11.9 Å². The van der Waals surface area contributed by atoms with Gasteiger partial charge in [0.2, 0.25) is 0 Å². The molecule has 1 aliphatic rings. The van der Waals surface area contributed by atoms with E-state index in [0.29, 0.717) is 28.8 Å². The highest BCUT2D eigenvalue weighted by Crippen LogP contribution is 2.38. The largest absolute Gasteiger partial charge is 0.478 e. The molecule has 1 aliphatic heterocycles. The fourth-order valence-electron chi connectivity index (χ4n) is 3.21. The Morgan fingerprint density at radius 2 is 2.23 bits per heavy atom. The number of allylic oxidation sites excluding steroid dienone is 1. The highest BCUT2D eigenvalue weighted by atomic mass is 19.1. The fourth-order valence-corrected chi connectivity index (χ4v) is 3.21. The van der Waals surface area contributed by atoms with E-state index in [1.807, 2.05) is 26.1 Å². The normalized spacial score (nSPS) is 13.3. The molecule has 3 aromatic rings. The second kappa shape index (κ2) is 5.94. The molecular formula is C19H17FN4O2. The molecule has 6 nitrogen and oxygen atoms in total. The number of aryl methyl sites for hydroxylation is 2. The van der Waals surface area contributed by atoms with Crippen molar-refractivity contribution in [3.05, 3.63) is 48.1 Å². The number of carbonyl (C=O) groups is 1. The molecule has 132 valence electrons. The van der Waals surface area contributed by atoms with Gasteiger partial charge in [0, 0.05) is 17.1 Å². The Labute approximate surface area is 149 Å². The van der Waals surface area contributed by atoms with Crippen molar-refractivity contribution in [3.63, 3.8) is 0 Å². The van der Waals surface area contributed by atoms with Gasteiger partial charge in [-0.2, -0.15) is 5.10 Å². The van der Waals surface area contributed by atoms with Crippen LogP contribution in [0.4, 0.5) is 10.1 Å². The van der Waals surface area contributed by atoms with Crippen molar-refractivity contribution in [1.82, 2.24) is 14.8 Å². The van der Waals surface area contributed by atoms with Crippen molar-refractivity contribution < 1.29 is 13.9 Å². The van der Waals surface area contributed by atoms with Crippen molar-refractivity contribution in [2.45, 2.75) is 20.4 Å². The van der Waals surface area contributed by atoms with E-state index >= 15 is 0 Å². The number of amides is 1. The van der Waals surface area contributed by atoms with Gasteiger partial charge >= 0.3 is 0 Å². The lowest BCUT2D eigenvalue weighted by atomic mass is 10.0. The van der Waals surface area contributed by atoms with Crippen LogP contribution < -0.4 is 10.1 Å². The van der Waals surface area contributed by atoms with Gasteiger partial charge in [0.05, 0.1) is 29.1 Å². The smallest absolute Gasteiger partial charge is 0.262 e. The average molecular weight is 352 g/mol. The maximum Gasteiger partial charge on any atom is 0.262 e. The minimum absolute atomic E-state index is 0.0599. The third-order valence-electron chi connectivity index (χ3n) is 4.35. The molecule has 0 atom stereocenters. The molecule has 0 unspecified atom stereocenters. The van der Waals surface area contributed by atoms with E-state index in [1.54, 1.807) is 16.8 Å². The zero-order valence-corrected chi connectivity index (χ0v) is 14.5. The minimum Gasteiger partial charge on any atom is -0.478 e. The molecule has 2 aromatic heterocycles. The highest BCUT2D eigenvalue weighted by Gasteiger charge is 2.24. The molecule has 7 heteroatoms. The summed E-state index contributed by atoms with van der Waals surface area (Å²) in [6.07, 6.45) is 3.66. The summed E-state index contributed by atoms with van der Waals surface area (Å²) in [6, 6.07) is 3.48. The van der Waals surface area contributed by atoms with E-state index < -0.39 is 5.82 Å². The van der Waals surface area contributed by atoms with Crippen LogP contribution in [-0.4, -0.2) is 27.3 Å². The Kier molecular flexibility index (Phi) is 3.72. The summed E-state index contributed by atoms with van der Waals surface area (Å²) < 4.78 is 21.9. The molecule has 0 fully saturated rings. The number of nitrogens with zero attached hydrogens (tertiary/aromatic N) is 3. The van der Waals surface area contributed by atoms with E-state index in [-0.39, 0.29) is 18.3 Å². The minimum atomic E-state index is -0.506. The van der Waals surface area contributed by atoms with Crippen LogP contribution in [0.5, 0.6) is 5.75 Å². The van der Waals surface area contributed by atoms with Gasteiger partial charge in [-0.05, 0) is 31.5 Å². The van der Waals surface area contributed by atoms with Crippen molar-refractivity contribution in [3.8, 4) is 17.0 Å². The second-order valence-electron chi connectivity index (χ2n) is 6.26. The molecule has 3 heterocycles. The van der Waals surface area contributed by atoms with Gasteiger partial charge in [-0.3, -0.25) is 9.48 Å². The van der Waals surface area contributed by atoms with E-state index in [4.69, 9.17) is 4.74 Å². The van der Waals surface area contributed by atoms with Crippen LogP contribution in [0.25, 0.3) is 22.2 Å². The first-order chi connectivity index (χ1) is 12.5. The number of hydrogen-bond acceptors (Lipinski definition) is 4. The Morgan fingerprint density at radius 3 is 3.00 bits per heavy atom. The number of anilines is 1. The summed E-state index contributed by atoms with van der Waals surface area (Å²) in [5.74, 6) is -0.761. The summed E-state index contributed by atoms with van der Waals surface area (Å²) in [5, 5.41) is 7.46. The lowest BCUT2D eigenvalue weighted by Gasteiger charge is -2.20. The molecule has 26 heavy (non-hydrogen) atoms. The number of fused-ring (bicyclic) bond motifs is 2. The first kappa shape index (κ1) is 16.3. The monoisotopic (exact) mass is 352 g/mol. The van der Waals surface area contributed by atoms with E-state index in [2.05, 4.69) is 22.0 Å². The van der Waals surface area contributed by atoms with Crippen LogP contribution in [-0.2, 0) is 11.3 Å². The topological polar surface area (TPSA) is 69.0 Å². The lowest BCUT2D eigenvalue weighted by Crippen LogP contribution is -2.26. The lowest BCUT2D eigenvalue weighted by molar-refractivity contribution is -0.118. The molecule has 0 radical (unpaired) electrons. The van der Waals surface area contributed by atoms with E-state index in [1.165, 1.54) is 0 Å². The van der Waals surface area contributed by atoms with Gasteiger partial charge in [-0.15, -0.1) is 6.58 Å². The molecule has 0 aliphatic carbocycles. The number of benzene rings is 1. The summed E-state index contributed by atoms with van der Waals surface area (Å²) in [4.78, 5) is 16.1. The number of rotatable bonds is 3. The third kappa shape index (κ3) is 2.52. The van der Waals surface area contributed by atoms with E-state index in [0.717, 1.165) is 16.8 Å². The summed E-state index contributed by atoms with van der Waals surface area (Å²) in [6.45, 7) is 7.85. The Bertz CT molecular complexity index is 1070. The van der Waals surface area contributed by atoms with E-state index in [9.17, 15) is 9.18 Å². The van der Waals surface area contributed by atoms with Gasteiger partial charge in [0.15, 0.2) is 18.2 Å². The second-order valence-corrected chi connectivity index (χ2v) is 6.26. The SMILES string of the molecule is C=CCn1cc(-c2cc(C)c3c(F)c4c(cc3n2)NC(=O)CO4)c(C)n1. The first-order valence-electron chi connectivity index (χ1n) is 8.19. The number of pyridine rings is 1. The zero-order valence-electron chi connectivity index (χ0n) is 14.5. The maximum atomic E-state index is 14.9. The molecule has 1 aromatic carbocycles. The Balaban J connectivity index is 1.91. The molecule has 4 rings (SSSR count). The maximum absolute atomic E-state index is 14.9. The van der Waals surface area contributed by atoms with Crippen molar-refractivity contribution in [2.24, 2.45) is 0 Å². The molecule has 0 bridgehead atoms. The number of halogens is 1. The summed E-state index contributed by atoms with van der Waals surface area (Å²) in [5.41, 5.74) is 3.89. The Morgan fingerprint density at radius 1 is 1.42 bits per heavy atom. The molecule has 1 N–H and O–H groups in total. The van der Waals surface area contributed by atoms with Crippen molar-refractivity contribution in [1.29, 1.82) is 0 Å². The van der Waals surface area contributed by atoms with Crippen LogP contribution in [0.15, 0.2) is 31.0 Å². The predicted molar refractivity (Wildman–Crippen MR) is 96.7 cm³/mol. The first-order valence-corrected chi connectivity index (χ1v) is 8.19. The molecule has 0 saturated carbocycles. The van der Waals surface area contributed by atoms with Crippen LogP contribution in [0, 0.1) is 19.7 Å². The molecular weight excluding hydrogens is 335 g/mol. The van der Waals surface area contributed by atoms with Crippen LogP contribution in [0.1, 0.15) is 11.3 Å². The number of aromatic nitrogens is 3. The fraction of sp³-hybridized carbons (Fsp3) is 0.211. The van der Waals surface area contributed by atoms with Gasteiger partial charge in [-0.1, -0.05) is 6.08 Å². The van der Waals surface area contributed by atoms with Gasteiger partial charge in [-0.25, -0.2) is 9.37 Å². The van der Waals surface area contributed by atoms with Gasteiger partial charge in [0.25, 0.3) is 5.91 Å². The quantitative estimate of drug-likeness (QED) is 0.734. The highest BCUT2D eigenvalue weighted by molar-refractivity contribution is 6.00. The van der Waals surface area contributed by atoms with Gasteiger partial charge in [0.1, 0.15) is 0 Å². The molecule has 0 saturated heterocycles. The van der Waals surface area contributed by atoms with Crippen LogP contribution >= 0.6 is 0 Å². The third-order valence-corrected chi connectivity index (χ3v) is 4.35. The molecule has 1 amide bonds. The van der Waals surface area contributed by atoms with Gasteiger partial charge < -0.3 is 10.1 Å². The number of ether oxygens (including phenoxy) is 1. The molecule has 0 spiro atoms. The van der Waals surface area contributed by atoms with Crippen LogP contribution in [0.3, 0.4) is 0 Å². The standard InChI is InChI=1S/C19H17FN4O2/c1-4-5-24-8-12(11(3)23-24)13-6-10(2)17-14(21-13)7-15-19(18(17)20)26-9-16(25)22-15/h4,6-8H,1,5,9H2,2-3H3,(H,22,25). The average Bonchev–Trinajstić information content (AvgIpc) is 2.95. The van der Waals surface area contributed by atoms with Crippen molar-refractivity contribution >= 4 is 22.5 Å². The number of hydrogen-bond donors (Lipinski definition) is 1. The number of carbonyl (C=O) groups excluding carboxylic acids is 1. The zero-order chi connectivity index (χ0) is 18.4. The predicted octanol–water partition coefficient (Wildman–Crippen LogP) is 3.37. The number of nitrogens with one attached hydrogen (secondary N) is 1. The Hall–Kier alpha value is -3.22. The van der Waals surface area contributed by atoms with Crippen LogP contribution in [0.2, 0.25) is 0 Å². The summed E-state index contributed by atoms with van der Waals surface area (Å²) >= 11 is 0.